The van der Waals surface area contributed by atoms with E-state index >= 15 is 0 Å². The second kappa shape index (κ2) is 8.08. The molecule has 2 nitrogen and oxygen atoms in total. The van der Waals surface area contributed by atoms with Crippen LogP contribution in [0.15, 0.2) is 0 Å². The van der Waals surface area contributed by atoms with Crippen molar-refractivity contribution < 1.29 is 0 Å². The molecule has 0 radical (unpaired) electrons. The normalized spacial score (nSPS) is 20.2. The Bertz CT molecular complexity index is 158. The predicted molar refractivity (Wildman–Crippen MR) is 71.9 cm³/mol. The van der Waals surface area contributed by atoms with Gasteiger partial charge in [0, 0.05) is 18.6 Å². The Balaban J connectivity index is 2.52. The van der Waals surface area contributed by atoms with Gasteiger partial charge in [-0.25, -0.2) is 0 Å². The summed E-state index contributed by atoms with van der Waals surface area (Å²) in [5.74, 6) is 0. The van der Waals surface area contributed by atoms with E-state index in [1.165, 1.54) is 51.5 Å². The van der Waals surface area contributed by atoms with Crippen molar-refractivity contribution in [3.63, 3.8) is 0 Å². The molecule has 1 rings (SSSR count). The highest BCUT2D eigenvalue weighted by atomic mass is 15.2. The zero-order valence-electron chi connectivity index (χ0n) is 11.5. The van der Waals surface area contributed by atoms with Crippen molar-refractivity contribution in [2.75, 3.05) is 20.1 Å². The summed E-state index contributed by atoms with van der Waals surface area (Å²) < 4.78 is 0. The van der Waals surface area contributed by atoms with Gasteiger partial charge in [0.25, 0.3) is 0 Å². The van der Waals surface area contributed by atoms with E-state index in [-0.39, 0.29) is 0 Å². The highest BCUT2D eigenvalue weighted by Gasteiger charge is 2.25. The van der Waals surface area contributed by atoms with Gasteiger partial charge in [-0.3, -0.25) is 4.90 Å². The van der Waals surface area contributed by atoms with Crippen molar-refractivity contribution in [2.24, 2.45) is 0 Å². The van der Waals surface area contributed by atoms with E-state index in [4.69, 9.17) is 0 Å². The Morgan fingerprint density at radius 2 is 1.88 bits per heavy atom. The third-order valence-electron chi connectivity index (χ3n) is 3.94. The molecule has 2 heteroatoms. The largest absolute Gasteiger partial charge is 0.318 e. The number of hydrogen-bond donors (Lipinski definition) is 1. The van der Waals surface area contributed by atoms with Crippen LogP contribution >= 0.6 is 0 Å². The van der Waals surface area contributed by atoms with Crippen molar-refractivity contribution in [1.82, 2.24) is 10.2 Å². The van der Waals surface area contributed by atoms with Gasteiger partial charge in [0.1, 0.15) is 0 Å². The van der Waals surface area contributed by atoms with E-state index in [0.717, 1.165) is 18.6 Å². The van der Waals surface area contributed by atoms with Crippen LogP contribution in [0.1, 0.15) is 58.8 Å². The summed E-state index contributed by atoms with van der Waals surface area (Å²) >= 11 is 0. The molecule has 1 atom stereocenters. The van der Waals surface area contributed by atoms with Crippen LogP contribution in [0.4, 0.5) is 0 Å². The molecule has 0 heterocycles. The molecule has 16 heavy (non-hydrogen) atoms. The Morgan fingerprint density at radius 1 is 1.19 bits per heavy atom. The molecule has 0 aromatic carbocycles. The predicted octanol–water partition coefficient (Wildman–Crippen LogP) is 3.03. The average molecular weight is 226 g/mol. The number of rotatable bonds is 7. The van der Waals surface area contributed by atoms with Gasteiger partial charge in [-0.1, -0.05) is 39.5 Å². The third kappa shape index (κ3) is 4.06. The fraction of sp³-hybridized carbons (Fsp3) is 1.00. The second-order valence-electron chi connectivity index (χ2n) is 5.12. The van der Waals surface area contributed by atoms with Gasteiger partial charge in [0.15, 0.2) is 0 Å². The fourth-order valence-corrected chi connectivity index (χ4v) is 3.18. The van der Waals surface area contributed by atoms with Gasteiger partial charge >= 0.3 is 0 Å². The molecule has 0 aliphatic heterocycles. The van der Waals surface area contributed by atoms with Crippen molar-refractivity contribution in [3.05, 3.63) is 0 Å². The molecule has 1 saturated carbocycles. The van der Waals surface area contributed by atoms with E-state index in [0.29, 0.717) is 0 Å². The average Bonchev–Trinajstić information content (AvgIpc) is 2.32. The molecule has 1 N–H and O–H groups in total. The molecule has 0 amide bonds. The molecule has 0 aromatic rings. The minimum atomic E-state index is 0.753. The first-order chi connectivity index (χ1) is 7.83. The minimum absolute atomic E-state index is 0.753. The molecule has 0 saturated heterocycles. The van der Waals surface area contributed by atoms with Crippen LogP contribution < -0.4 is 5.32 Å². The lowest BCUT2D eigenvalue weighted by Gasteiger charge is -2.39. The van der Waals surface area contributed by atoms with Crippen LogP contribution in [0.3, 0.4) is 0 Å². The first kappa shape index (κ1) is 14.0. The fourth-order valence-electron chi connectivity index (χ4n) is 3.18. The summed E-state index contributed by atoms with van der Waals surface area (Å²) in [5.41, 5.74) is 0. The maximum atomic E-state index is 3.36. The lowest BCUT2D eigenvalue weighted by atomic mass is 9.92. The standard InChI is InChI=1S/C14H30N2/c1-4-9-14(12-15-3)16(5-2)13-10-7-6-8-11-13/h13-15H,4-12H2,1-3H3. The van der Waals surface area contributed by atoms with Gasteiger partial charge in [-0.15, -0.1) is 0 Å². The van der Waals surface area contributed by atoms with Crippen LogP contribution in [0.25, 0.3) is 0 Å². The summed E-state index contributed by atoms with van der Waals surface area (Å²) in [6.07, 6.45) is 9.84. The van der Waals surface area contributed by atoms with Gasteiger partial charge in [0.2, 0.25) is 0 Å². The van der Waals surface area contributed by atoms with Crippen molar-refractivity contribution in [3.8, 4) is 0 Å². The highest BCUT2D eigenvalue weighted by Crippen LogP contribution is 2.25. The molecule has 1 aliphatic carbocycles. The monoisotopic (exact) mass is 226 g/mol. The number of nitrogens with zero attached hydrogens (tertiary/aromatic N) is 1. The summed E-state index contributed by atoms with van der Waals surface area (Å²) in [5, 5.41) is 3.36. The molecular formula is C14H30N2. The minimum Gasteiger partial charge on any atom is -0.318 e. The first-order valence-corrected chi connectivity index (χ1v) is 7.23. The molecule has 1 fully saturated rings. The topological polar surface area (TPSA) is 15.3 Å². The lowest BCUT2D eigenvalue weighted by Crippen LogP contribution is -2.48. The third-order valence-corrected chi connectivity index (χ3v) is 3.94. The van der Waals surface area contributed by atoms with E-state index in [9.17, 15) is 0 Å². The van der Waals surface area contributed by atoms with E-state index in [1.54, 1.807) is 0 Å². The molecule has 0 aromatic heterocycles. The zero-order chi connectivity index (χ0) is 11.8. The van der Waals surface area contributed by atoms with E-state index in [2.05, 4.69) is 31.1 Å². The molecule has 96 valence electrons. The smallest absolute Gasteiger partial charge is 0.0223 e. The van der Waals surface area contributed by atoms with Crippen molar-refractivity contribution in [2.45, 2.75) is 70.9 Å². The van der Waals surface area contributed by atoms with Gasteiger partial charge in [0.05, 0.1) is 0 Å². The van der Waals surface area contributed by atoms with Crippen LogP contribution in [0.5, 0.6) is 0 Å². The Morgan fingerprint density at radius 3 is 2.38 bits per heavy atom. The Labute approximate surface area is 102 Å². The van der Waals surface area contributed by atoms with Crippen LogP contribution in [0, 0.1) is 0 Å². The summed E-state index contributed by atoms with van der Waals surface area (Å²) in [6, 6.07) is 1.62. The molecule has 1 aliphatic rings. The van der Waals surface area contributed by atoms with Crippen molar-refractivity contribution >= 4 is 0 Å². The van der Waals surface area contributed by atoms with Gasteiger partial charge < -0.3 is 5.32 Å². The maximum absolute atomic E-state index is 3.36. The van der Waals surface area contributed by atoms with Crippen LogP contribution in [-0.2, 0) is 0 Å². The summed E-state index contributed by atoms with van der Waals surface area (Å²) in [4.78, 5) is 2.76. The van der Waals surface area contributed by atoms with E-state index < -0.39 is 0 Å². The number of nitrogens with one attached hydrogen (secondary N) is 1. The Kier molecular flexibility index (Phi) is 7.06. The summed E-state index contributed by atoms with van der Waals surface area (Å²) in [6.45, 7) is 7.00. The second-order valence-corrected chi connectivity index (χ2v) is 5.12. The zero-order valence-corrected chi connectivity index (χ0v) is 11.5. The Hall–Kier alpha value is -0.0800. The highest BCUT2D eigenvalue weighted by molar-refractivity contribution is 4.81. The quantitative estimate of drug-likeness (QED) is 0.718. The van der Waals surface area contributed by atoms with Gasteiger partial charge in [-0.2, -0.15) is 0 Å². The number of hydrogen-bond acceptors (Lipinski definition) is 2. The van der Waals surface area contributed by atoms with Gasteiger partial charge in [-0.05, 0) is 32.9 Å². The SMILES string of the molecule is CCCC(CNC)N(CC)C1CCCCC1. The lowest BCUT2D eigenvalue weighted by molar-refractivity contribution is 0.104. The molecular weight excluding hydrogens is 196 g/mol. The van der Waals surface area contributed by atoms with Crippen molar-refractivity contribution in [1.29, 1.82) is 0 Å². The van der Waals surface area contributed by atoms with Crippen LogP contribution in [-0.4, -0.2) is 37.1 Å². The van der Waals surface area contributed by atoms with Crippen LogP contribution in [0.2, 0.25) is 0 Å². The summed E-state index contributed by atoms with van der Waals surface area (Å²) in [7, 11) is 2.08. The first-order valence-electron chi connectivity index (χ1n) is 7.23. The molecule has 0 bridgehead atoms. The van der Waals surface area contributed by atoms with E-state index in [1.807, 2.05) is 0 Å². The molecule has 0 spiro atoms. The maximum Gasteiger partial charge on any atom is 0.0223 e. The number of likely N-dealkylation sites (N-methyl/N-ethyl adjacent to an activating group) is 2. The molecule has 1 unspecified atom stereocenters.